The Morgan fingerprint density at radius 2 is 1.43 bits per heavy atom. The van der Waals surface area contributed by atoms with Crippen LogP contribution in [0.3, 0.4) is 0 Å². The Morgan fingerprint density at radius 3 is 1.71 bits per heavy atom. The van der Waals surface area contributed by atoms with Crippen LogP contribution in [-0.4, -0.2) is 31.6 Å². The van der Waals surface area contributed by atoms with Crippen LogP contribution in [0.4, 0.5) is 22.0 Å². The number of halogens is 5. The van der Waals surface area contributed by atoms with Gasteiger partial charge in [0, 0.05) is 14.0 Å². The van der Waals surface area contributed by atoms with Crippen molar-refractivity contribution >= 4 is 0 Å². The molecular weight excluding hydrogens is 211 g/mol. The van der Waals surface area contributed by atoms with Gasteiger partial charge >= 0.3 is 12.0 Å². The van der Waals surface area contributed by atoms with E-state index in [-0.39, 0.29) is 6.92 Å². The van der Waals surface area contributed by atoms with Gasteiger partial charge in [-0.05, 0) is 6.92 Å². The third-order valence-corrected chi connectivity index (χ3v) is 1.25. The third kappa shape index (κ3) is 3.75. The van der Waals surface area contributed by atoms with Crippen molar-refractivity contribution in [2.24, 2.45) is 0 Å². The first-order valence-electron chi connectivity index (χ1n) is 3.65. The molecule has 0 aromatic rings. The Hall–Kier alpha value is -0.430. The standard InChI is InChI=1S/C7H11F5O2/c1-5(8,4-13-3)14-7(11,12)6(2,9)10/h4H2,1-3H3. The summed E-state index contributed by atoms with van der Waals surface area (Å²) in [4.78, 5) is 0. The van der Waals surface area contributed by atoms with Crippen LogP contribution in [0.5, 0.6) is 0 Å². The molecule has 0 heterocycles. The fraction of sp³-hybridized carbons (Fsp3) is 1.00. The molecule has 1 unspecified atom stereocenters. The number of methoxy groups -OCH3 is 1. The molecule has 0 spiro atoms. The van der Waals surface area contributed by atoms with Gasteiger partial charge in [0.15, 0.2) is 0 Å². The van der Waals surface area contributed by atoms with Crippen LogP contribution in [0.1, 0.15) is 13.8 Å². The molecule has 0 saturated carbocycles. The predicted octanol–water partition coefficient (Wildman–Crippen LogP) is 2.58. The summed E-state index contributed by atoms with van der Waals surface area (Å²) >= 11 is 0. The summed E-state index contributed by atoms with van der Waals surface area (Å²) in [7, 11) is 1.03. The van der Waals surface area contributed by atoms with Gasteiger partial charge in [0.2, 0.25) is 5.85 Å². The van der Waals surface area contributed by atoms with Crippen molar-refractivity contribution in [3.8, 4) is 0 Å². The van der Waals surface area contributed by atoms with Crippen molar-refractivity contribution < 1.29 is 31.4 Å². The lowest BCUT2D eigenvalue weighted by molar-refractivity contribution is -0.399. The van der Waals surface area contributed by atoms with Gasteiger partial charge < -0.3 is 4.74 Å². The van der Waals surface area contributed by atoms with E-state index < -0.39 is 24.5 Å². The van der Waals surface area contributed by atoms with E-state index in [9.17, 15) is 22.0 Å². The monoisotopic (exact) mass is 222 g/mol. The van der Waals surface area contributed by atoms with Crippen LogP contribution in [0.25, 0.3) is 0 Å². The van der Waals surface area contributed by atoms with Crippen LogP contribution in [0.15, 0.2) is 0 Å². The summed E-state index contributed by atoms with van der Waals surface area (Å²) < 4.78 is 69.8. The molecule has 14 heavy (non-hydrogen) atoms. The van der Waals surface area contributed by atoms with Crippen molar-refractivity contribution in [1.82, 2.24) is 0 Å². The largest absolute Gasteiger partial charge is 0.421 e. The van der Waals surface area contributed by atoms with E-state index in [1.807, 2.05) is 0 Å². The zero-order valence-corrected chi connectivity index (χ0v) is 7.91. The third-order valence-electron chi connectivity index (χ3n) is 1.25. The Morgan fingerprint density at radius 1 is 1.00 bits per heavy atom. The minimum atomic E-state index is -4.87. The van der Waals surface area contributed by atoms with Crippen LogP contribution < -0.4 is 0 Å². The van der Waals surface area contributed by atoms with Gasteiger partial charge in [-0.1, -0.05) is 0 Å². The first-order valence-corrected chi connectivity index (χ1v) is 3.65. The molecule has 0 saturated heterocycles. The molecule has 7 heteroatoms. The highest BCUT2D eigenvalue weighted by molar-refractivity contribution is 4.74. The van der Waals surface area contributed by atoms with Gasteiger partial charge in [-0.3, -0.25) is 4.74 Å². The normalized spacial score (nSPS) is 18.0. The lowest BCUT2D eigenvalue weighted by atomic mass is 10.3. The van der Waals surface area contributed by atoms with Crippen LogP contribution >= 0.6 is 0 Å². The SMILES string of the molecule is COCC(C)(F)OC(F)(F)C(C)(F)F. The summed E-state index contributed by atoms with van der Waals surface area (Å²) in [5, 5.41) is 0. The lowest BCUT2D eigenvalue weighted by Crippen LogP contribution is -2.47. The van der Waals surface area contributed by atoms with Gasteiger partial charge in [-0.2, -0.15) is 17.6 Å². The fourth-order valence-electron chi connectivity index (χ4n) is 0.644. The van der Waals surface area contributed by atoms with E-state index in [1.54, 1.807) is 0 Å². The van der Waals surface area contributed by atoms with Crippen molar-refractivity contribution in [2.75, 3.05) is 13.7 Å². The molecule has 0 radical (unpaired) electrons. The molecule has 1 atom stereocenters. The average molecular weight is 222 g/mol. The first kappa shape index (κ1) is 13.6. The molecule has 2 nitrogen and oxygen atoms in total. The molecular formula is C7H11F5O2. The quantitative estimate of drug-likeness (QED) is 0.665. The van der Waals surface area contributed by atoms with Crippen molar-refractivity contribution in [2.45, 2.75) is 31.7 Å². The maximum atomic E-state index is 13.0. The number of hydrogen-bond donors (Lipinski definition) is 0. The highest BCUT2D eigenvalue weighted by Crippen LogP contribution is 2.38. The molecule has 0 aliphatic rings. The number of alkyl halides is 5. The van der Waals surface area contributed by atoms with Crippen LogP contribution in [-0.2, 0) is 9.47 Å². The second kappa shape index (κ2) is 3.98. The first-order chi connectivity index (χ1) is 6.02. The molecule has 0 amide bonds. The smallest absolute Gasteiger partial charge is 0.379 e. The topological polar surface area (TPSA) is 18.5 Å². The minimum Gasteiger partial charge on any atom is -0.379 e. The van der Waals surface area contributed by atoms with Crippen LogP contribution in [0.2, 0.25) is 0 Å². The van der Waals surface area contributed by atoms with Gasteiger partial charge in [0.25, 0.3) is 0 Å². The molecule has 0 N–H and O–H groups in total. The maximum Gasteiger partial charge on any atom is 0.421 e. The molecule has 0 aromatic heterocycles. The maximum absolute atomic E-state index is 13.0. The van der Waals surface area contributed by atoms with E-state index in [4.69, 9.17) is 0 Å². The average Bonchev–Trinajstić information content (AvgIpc) is 1.80. The van der Waals surface area contributed by atoms with E-state index in [2.05, 4.69) is 9.47 Å². The molecule has 86 valence electrons. The summed E-state index contributed by atoms with van der Waals surface area (Å²) in [5.41, 5.74) is 0. The second-order valence-electron chi connectivity index (χ2n) is 3.04. The van der Waals surface area contributed by atoms with E-state index in [0.717, 1.165) is 7.11 Å². The fourth-order valence-corrected chi connectivity index (χ4v) is 0.644. The number of ether oxygens (including phenoxy) is 2. The lowest BCUT2D eigenvalue weighted by Gasteiger charge is -2.29. The van der Waals surface area contributed by atoms with Gasteiger partial charge in [0.1, 0.15) is 6.61 Å². The molecule has 0 fully saturated rings. The van der Waals surface area contributed by atoms with E-state index in [0.29, 0.717) is 6.92 Å². The summed E-state index contributed by atoms with van der Waals surface area (Å²) in [6.45, 7) is -0.343. The molecule has 0 bridgehead atoms. The zero-order valence-electron chi connectivity index (χ0n) is 7.91. The Labute approximate surface area is 78.0 Å². The van der Waals surface area contributed by atoms with Gasteiger partial charge in [0.05, 0.1) is 0 Å². The number of rotatable bonds is 5. The predicted molar refractivity (Wildman–Crippen MR) is 38.0 cm³/mol. The molecule has 0 aliphatic heterocycles. The highest BCUT2D eigenvalue weighted by Gasteiger charge is 2.57. The Balaban J connectivity index is 4.50. The second-order valence-corrected chi connectivity index (χ2v) is 3.04. The Kier molecular flexibility index (Phi) is 3.85. The summed E-state index contributed by atoms with van der Waals surface area (Å²) in [6.07, 6.45) is -4.87. The summed E-state index contributed by atoms with van der Waals surface area (Å²) in [5.74, 6) is -7.41. The Bertz CT molecular complexity index is 187. The molecule has 0 aromatic carbocycles. The van der Waals surface area contributed by atoms with E-state index >= 15 is 0 Å². The van der Waals surface area contributed by atoms with Crippen molar-refractivity contribution in [1.29, 1.82) is 0 Å². The van der Waals surface area contributed by atoms with Crippen molar-refractivity contribution in [3.63, 3.8) is 0 Å². The summed E-state index contributed by atoms with van der Waals surface area (Å²) in [6, 6.07) is 0. The zero-order chi connectivity index (χ0) is 11.6. The molecule has 0 rings (SSSR count). The van der Waals surface area contributed by atoms with Gasteiger partial charge in [-0.25, -0.2) is 4.39 Å². The molecule has 0 aliphatic carbocycles. The van der Waals surface area contributed by atoms with Crippen LogP contribution in [0, 0.1) is 0 Å². The highest BCUT2D eigenvalue weighted by atomic mass is 19.3. The van der Waals surface area contributed by atoms with Crippen molar-refractivity contribution in [3.05, 3.63) is 0 Å². The van der Waals surface area contributed by atoms with E-state index in [1.165, 1.54) is 0 Å². The van der Waals surface area contributed by atoms with Gasteiger partial charge in [-0.15, -0.1) is 0 Å². The minimum absolute atomic E-state index is 0.0596. The number of hydrogen-bond acceptors (Lipinski definition) is 2.